The summed E-state index contributed by atoms with van der Waals surface area (Å²) in [7, 11) is 3.81. The number of amides is 1. The van der Waals surface area contributed by atoms with Crippen molar-refractivity contribution in [3.8, 4) is 0 Å². The van der Waals surface area contributed by atoms with Crippen LogP contribution in [0.4, 0.5) is 0 Å². The third-order valence-electron chi connectivity index (χ3n) is 3.11. The predicted octanol–water partition coefficient (Wildman–Crippen LogP) is -0.223. The van der Waals surface area contributed by atoms with Gasteiger partial charge in [-0.3, -0.25) is 4.79 Å². The fraction of sp³-hybridized carbons (Fsp3) is 0.917. The zero-order chi connectivity index (χ0) is 12.5. The molecule has 0 bridgehead atoms. The van der Waals surface area contributed by atoms with E-state index in [-0.39, 0.29) is 5.91 Å². The molecule has 0 radical (unpaired) electrons. The minimum absolute atomic E-state index is 0.0454. The lowest BCUT2D eigenvalue weighted by Crippen LogP contribution is -2.44. The van der Waals surface area contributed by atoms with Crippen LogP contribution in [0.3, 0.4) is 0 Å². The second-order valence-electron chi connectivity index (χ2n) is 4.53. The molecule has 1 N–H and O–H groups in total. The lowest BCUT2D eigenvalue weighted by molar-refractivity contribution is -0.121. The number of rotatable bonds is 7. The van der Waals surface area contributed by atoms with Gasteiger partial charge in [0.25, 0.3) is 0 Å². The summed E-state index contributed by atoms with van der Waals surface area (Å²) < 4.78 is 5.42. The number of ether oxygens (including phenoxy) is 1. The second-order valence-corrected chi connectivity index (χ2v) is 4.53. The Morgan fingerprint density at radius 2 is 1.94 bits per heavy atom. The molecule has 1 fully saturated rings. The first kappa shape index (κ1) is 14.4. The van der Waals surface area contributed by atoms with Gasteiger partial charge in [-0.15, -0.1) is 0 Å². The van der Waals surface area contributed by atoms with Crippen LogP contribution in [0, 0.1) is 0 Å². The molecule has 1 amide bonds. The number of likely N-dealkylation sites (N-methyl/N-ethyl adjacent to an activating group) is 1. The quantitative estimate of drug-likeness (QED) is 0.628. The molecule has 0 saturated carbocycles. The highest BCUT2D eigenvalue weighted by Gasteiger charge is 2.12. The number of piperazine rings is 1. The van der Waals surface area contributed by atoms with E-state index in [0.717, 1.165) is 45.8 Å². The van der Waals surface area contributed by atoms with E-state index in [9.17, 15) is 4.79 Å². The summed E-state index contributed by atoms with van der Waals surface area (Å²) >= 11 is 0. The number of hydrogen-bond acceptors (Lipinski definition) is 4. The Kier molecular flexibility index (Phi) is 7.16. The largest absolute Gasteiger partial charge is 0.381 e. The van der Waals surface area contributed by atoms with Gasteiger partial charge in [0, 0.05) is 52.8 Å². The first-order chi connectivity index (χ1) is 8.22. The highest BCUT2D eigenvalue weighted by molar-refractivity contribution is 5.75. The van der Waals surface area contributed by atoms with Crippen LogP contribution in [0.1, 0.15) is 12.8 Å². The fourth-order valence-electron chi connectivity index (χ4n) is 1.85. The Bertz CT molecular complexity index is 216. The smallest absolute Gasteiger partial charge is 0.222 e. The van der Waals surface area contributed by atoms with Gasteiger partial charge in [-0.1, -0.05) is 0 Å². The van der Waals surface area contributed by atoms with E-state index in [1.54, 1.807) is 7.05 Å². The lowest BCUT2D eigenvalue weighted by Gasteiger charge is -2.32. The van der Waals surface area contributed by atoms with Gasteiger partial charge < -0.3 is 19.9 Å². The van der Waals surface area contributed by atoms with E-state index in [0.29, 0.717) is 13.0 Å². The molecule has 1 rings (SSSR count). The van der Waals surface area contributed by atoms with Gasteiger partial charge in [-0.25, -0.2) is 0 Å². The van der Waals surface area contributed by atoms with Crippen LogP contribution in [0.2, 0.25) is 0 Å². The normalized spacial score (nSPS) is 18.2. The summed E-state index contributed by atoms with van der Waals surface area (Å²) in [6.07, 6.45) is 1.52. The molecule has 1 aliphatic rings. The number of hydrogen-bond donors (Lipinski definition) is 1. The lowest BCUT2D eigenvalue weighted by atomic mass is 10.3. The second kappa shape index (κ2) is 8.44. The van der Waals surface area contributed by atoms with Gasteiger partial charge in [-0.05, 0) is 13.5 Å². The minimum atomic E-state index is 0.0454. The molecular weight excluding hydrogens is 218 g/mol. The molecule has 1 saturated heterocycles. The van der Waals surface area contributed by atoms with Crippen molar-refractivity contribution in [3.05, 3.63) is 0 Å². The van der Waals surface area contributed by atoms with E-state index >= 15 is 0 Å². The standard InChI is InChI=1S/C12H25N3O2/c1-13-12(16)4-11-17-10-3-5-15-8-6-14(2)7-9-15/h3-11H2,1-2H3,(H,13,16). The number of carbonyl (C=O) groups is 1. The first-order valence-corrected chi connectivity index (χ1v) is 6.41. The average molecular weight is 243 g/mol. The Morgan fingerprint density at radius 3 is 2.59 bits per heavy atom. The maximum atomic E-state index is 10.9. The van der Waals surface area contributed by atoms with Crippen molar-refractivity contribution in [2.24, 2.45) is 0 Å². The van der Waals surface area contributed by atoms with Gasteiger partial charge in [-0.2, -0.15) is 0 Å². The summed E-state index contributed by atoms with van der Waals surface area (Å²) in [6.45, 7) is 7.04. The van der Waals surface area contributed by atoms with Gasteiger partial charge in [0.15, 0.2) is 0 Å². The molecule has 17 heavy (non-hydrogen) atoms. The molecule has 1 heterocycles. The molecule has 100 valence electrons. The Hall–Kier alpha value is -0.650. The van der Waals surface area contributed by atoms with Crippen LogP contribution in [0.15, 0.2) is 0 Å². The van der Waals surface area contributed by atoms with Crippen molar-refractivity contribution in [1.29, 1.82) is 0 Å². The zero-order valence-electron chi connectivity index (χ0n) is 11.1. The summed E-state index contributed by atoms with van der Waals surface area (Å²) in [5.74, 6) is 0.0454. The third-order valence-corrected chi connectivity index (χ3v) is 3.11. The highest BCUT2D eigenvalue weighted by atomic mass is 16.5. The molecule has 0 aliphatic carbocycles. The molecule has 1 aliphatic heterocycles. The van der Waals surface area contributed by atoms with Crippen LogP contribution in [0.25, 0.3) is 0 Å². The minimum Gasteiger partial charge on any atom is -0.381 e. The van der Waals surface area contributed by atoms with Crippen LogP contribution in [0.5, 0.6) is 0 Å². The Labute approximate surface area is 104 Å². The van der Waals surface area contributed by atoms with E-state index in [2.05, 4.69) is 22.2 Å². The number of nitrogens with one attached hydrogen (secondary N) is 1. The maximum Gasteiger partial charge on any atom is 0.222 e. The van der Waals surface area contributed by atoms with Crippen LogP contribution >= 0.6 is 0 Å². The molecule has 0 spiro atoms. The molecule has 0 aromatic carbocycles. The highest BCUT2D eigenvalue weighted by Crippen LogP contribution is 2.00. The van der Waals surface area contributed by atoms with E-state index < -0.39 is 0 Å². The zero-order valence-corrected chi connectivity index (χ0v) is 11.1. The van der Waals surface area contributed by atoms with Gasteiger partial charge in [0.1, 0.15) is 0 Å². The van der Waals surface area contributed by atoms with E-state index in [4.69, 9.17) is 4.74 Å². The van der Waals surface area contributed by atoms with E-state index in [1.165, 1.54) is 0 Å². The number of nitrogens with zero attached hydrogens (tertiary/aromatic N) is 2. The van der Waals surface area contributed by atoms with Gasteiger partial charge in [0.05, 0.1) is 6.61 Å². The first-order valence-electron chi connectivity index (χ1n) is 6.41. The summed E-state index contributed by atoms with van der Waals surface area (Å²) in [5.41, 5.74) is 0. The van der Waals surface area contributed by atoms with Crippen molar-refractivity contribution in [1.82, 2.24) is 15.1 Å². The van der Waals surface area contributed by atoms with Crippen molar-refractivity contribution in [2.45, 2.75) is 12.8 Å². The molecule has 0 atom stereocenters. The van der Waals surface area contributed by atoms with Crippen molar-refractivity contribution in [2.75, 3.05) is 60.0 Å². The Balaban J connectivity index is 1.89. The summed E-state index contributed by atoms with van der Waals surface area (Å²) in [6, 6.07) is 0. The van der Waals surface area contributed by atoms with Crippen LogP contribution < -0.4 is 5.32 Å². The van der Waals surface area contributed by atoms with Crippen LogP contribution in [-0.2, 0) is 9.53 Å². The van der Waals surface area contributed by atoms with E-state index in [1.807, 2.05) is 0 Å². The van der Waals surface area contributed by atoms with Crippen molar-refractivity contribution < 1.29 is 9.53 Å². The third kappa shape index (κ3) is 6.61. The van der Waals surface area contributed by atoms with Crippen LogP contribution in [-0.4, -0.2) is 75.7 Å². The molecule has 0 unspecified atom stereocenters. The predicted molar refractivity (Wildman–Crippen MR) is 68.1 cm³/mol. The van der Waals surface area contributed by atoms with Gasteiger partial charge >= 0.3 is 0 Å². The number of carbonyl (C=O) groups excluding carboxylic acids is 1. The summed E-state index contributed by atoms with van der Waals surface area (Å²) in [4.78, 5) is 15.8. The average Bonchev–Trinajstić information content (AvgIpc) is 2.35. The van der Waals surface area contributed by atoms with Crippen molar-refractivity contribution in [3.63, 3.8) is 0 Å². The Morgan fingerprint density at radius 1 is 1.24 bits per heavy atom. The molecule has 0 aromatic rings. The van der Waals surface area contributed by atoms with Gasteiger partial charge in [0.2, 0.25) is 5.91 Å². The topological polar surface area (TPSA) is 44.8 Å². The fourth-order valence-corrected chi connectivity index (χ4v) is 1.85. The maximum absolute atomic E-state index is 10.9. The monoisotopic (exact) mass is 243 g/mol. The summed E-state index contributed by atoms with van der Waals surface area (Å²) in [5, 5.41) is 2.58. The molecule has 5 heteroatoms. The molecule has 0 aromatic heterocycles. The SMILES string of the molecule is CNC(=O)CCOCCCN1CCN(C)CC1. The molecular formula is C12H25N3O2. The molecule has 5 nitrogen and oxygen atoms in total. The van der Waals surface area contributed by atoms with Crippen molar-refractivity contribution >= 4 is 5.91 Å².